The number of fused-ring (bicyclic) bond motifs is 1. The summed E-state index contributed by atoms with van der Waals surface area (Å²) in [5, 5.41) is 11.0. The van der Waals surface area contributed by atoms with E-state index in [1.807, 2.05) is 12.1 Å². The Morgan fingerprint density at radius 3 is 2.81 bits per heavy atom. The fourth-order valence-electron chi connectivity index (χ4n) is 3.59. The van der Waals surface area contributed by atoms with Crippen molar-refractivity contribution >= 4 is 17.3 Å². The van der Waals surface area contributed by atoms with Crippen molar-refractivity contribution in [1.29, 1.82) is 0 Å². The van der Waals surface area contributed by atoms with Crippen LogP contribution in [0.2, 0.25) is 0 Å². The quantitative estimate of drug-likeness (QED) is 0.841. The first-order valence-electron chi connectivity index (χ1n) is 9.77. The second-order valence-electron chi connectivity index (χ2n) is 7.07. The molecule has 0 aliphatic carbocycles. The number of amides is 1. The molecular weight excluding hydrogens is 342 g/mol. The van der Waals surface area contributed by atoms with Crippen LogP contribution >= 0.6 is 0 Å². The molecule has 0 radical (unpaired) electrons. The number of carbonyl (C=O) groups is 1. The third kappa shape index (κ3) is 4.67. The first kappa shape index (κ1) is 18.0. The zero-order valence-electron chi connectivity index (χ0n) is 15.6. The van der Waals surface area contributed by atoms with Crippen LogP contribution in [-0.4, -0.2) is 48.5 Å². The van der Waals surface area contributed by atoms with Gasteiger partial charge in [-0.25, -0.2) is 0 Å². The summed E-state index contributed by atoms with van der Waals surface area (Å²) in [7, 11) is 0. The Labute approximate surface area is 159 Å². The summed E-state index contributed by atoms with van der Waals surface area (Å²) in [5.41, 5.74) is 4.21. The molecule has 0 bridgehead atoms. The number of nitrogens with one attached hydrogen (secondary N) is 2. The molecule has 7 nitrogen and oxygen atoms in total. The molecule has 3 heterocycles. The predicted octanol–water partition coefficient (Wildman–Crippen LogP) is 1.78. The minimum atomic E-state index is 0.0236. The molecule has 2 aromatic rings. The van der Waals surface area contributed by atoms with Crippen LogP contribution in [0.4, 0.5) is 11.4 Å². The highest BCUT2D eigenvalue weighted by Crippen LogP contribution is 2.19. The molecule has 1 saturated heterocycles. The van der Waals surface area contributed by atoms with Crippen LogP contribution in [0.5, 0.6) is 0 Å². The van der Waals surface area contributed by atoms with Crippen LogP contribution in [0.3, 0.4) is 0 Å². The van der Waals surface area contributed by atoms with E-state index in [0.717, 1.165) is 63.7 Å². The minimum absolute atomic E-state index is 0.0236. The second kappa shape index (κ2) is 8.54. The predicted molar refractivity (Wildman–Crippen MR) is 105 cm³/mol. The first-order valence-corrected chi connectivity index (χ1v) is 9.77. The van der Waals surface area contributed by atoms with Gasteiger partial charge in [-0.3, -0.25) is 9.48 Å². The van der Waals surface area contributed by atoms with Gasteiger partial charge in [0.1, 0.15) is 0 Å². The Hall–Kier alpha value is -2.38. The standard InChI is InChI=1S/C20H27N5O2/c26-20(7-4-17-14-19-15-21-8-1-9-25(19)23-17)22-16-2-5-18(6-3-16)24-10-12-27-13-11-24/h2-3,5-6,14,21H,1,4,7-13,15H2,(H,22,26). The number of carbonyl (C=O) groups excluding carboxylic acids is 1. The van der Waals surface area contributed by atoms with E-state index in [2.05, 4.69) is 43.5 Å². The third-order valence-electron chi connectivity index (χ3n) is 5.08. The molecule has 0 atom stereocenters. The number of benzene rings is 1. The van der Waals surface area contributed by atoms with E-state index in [1.165, 1.54) is 11.4 Å². The van der Waals surface area contributed by atoms with Crippen LogP contribution in [0, 0.1) is 0 Å². The van der Waals surface area contributed by atoms with Crippen LogP contribution in [0.15, 0.2) is 30.3 Å². The highest BCUT2D eigenvalue weighted by atomic mass is 16.5. The molecule has 0 unspecified atom stereocenters. The van der Waals surface area contributed by atoms with Gasteiger partial charge in [-0.1, -0.05) is 0 Å². The average molecular weight is 369 g/mol. The van der Waals surface area contributed by atoms with E-state index < -0.39 is 0 Å². The van der Waals surface area contributed by atoms with Gasteiger partial charge in [-0.05, 0) is 43.3 Å². The maximum absolute atomic E-state index is 12.3. The summed E-state index contributed by atoms with van der Waals surface area (Å²) in [5.74, 6) is 0.0236. The van der Waals surface area contributed by atoms with Gasteiger partial charge in [0.25, 0.3) is 0 Å². The number of hydrogen-bond acceptors (Lipinski definition) is 5. The zero-order valence-corrected chi connectivity index (χ0v) is 15.6. The summed E-state index contributed by atoms with van der Waals surface area (Å²) in [6.07, 6.45) is 2.20. The summed E-state index contributed by atoms with van der Waals surface area (Å²) in [4.78, 5) is 14.6. The Bertz CT molecular complexity index is 742. The van der Waals surface area contributed by atoms with Crippen molar-refractivity contribution in [3.05, 3.63) is 41.7 Å². The number of aromatic nitrogens is 2. The summed E-state index contributed by atoms with van der Waals surface area (Å²) < 4.78 is 7.45. The van der Waals surface area contributed by atoms with Crippen LogP contribution < -0.4 is 15.5 Å². The SMILES string of the molecule is O=C(CCc1cc2n(n1)CCCNC2)Nc1ccc(N2CCOCC2)cc1. The van der Waals surface area contributed by atoms with Gasteiger partial charge in [0.05, 0.1) is 24.6 Å². The van der Waals surface area contributed by atoms with E-state index in [4.69, 9.17) is 4.74 Å². The second-order valence-corrected chi connectivity index (χ2v) is 7.07. The van der Waals surface area contributed by atoms with Gasteiger partial charge in [0, 0.05) is 50.4 Å². The van der Waals surface area contributed by atoms with Gasteiger partial charge >= 0.3 is 0 Å². The average Bonchev–Trinajstić information content (AvgIpc) is 2.97. The lowest BCUT2D eigenvalue weighted by Crippen LogP contribution is -2.36. The van der Waals surface area contributed by atoms with Gasteiger partial charge in [0.15, 0.2) is 0 Å². The van der Waals surface area contributed by atoms with Crippen molar-refractivity contribution in [2.24, 2.45) is 0 Å². The smallest absolute Gasteiger partial charge is 0.224 e. The fourth-order valence-corrected chi connectivity index (χ4v) is 3.59. The molecular formula is C20H27N5O2. The molecule has 2 aliphatic heterocycles. The number of rotatable bonds is 5. The van der Waals surface area contributed by atoms with E-state index in [9.17, 15) is 4.79 Å². The highest BCUT2D eigenvalue weighted by Gasteiger charge is 2.13. The highest BCUT2D eigenvalue weighted by molar-refractivity contribution is 5.91. The molecule has 2 aliphatic rings. The Morgan fingerprint density at radius 2 is 2.00 bits per heavy atom. The Balaban J connectivity index is 1.28. The van der Waals surface area contributed by atoms with E-state index >= 15 is 0 Å². The van der Waals surface area contributed by atoms with Crippen molar-refractivity contribution in [3.8, 4) is 0 Å². The summed E-state index contributed by atoms with van der Waals surface area (Å²) in [6, 6.07) is 10.2. The lowest BCUT2D eigenvalue weighted by molar-refractivity contribution is -0.116. The molecule has 1 amide bonds. The lowest BCUT2D eigenvalue weighted by Gasteiger charge is -2.28. The van der Waals surface area contributed by atoms with Gasteiger partial charge in [-0.15, -0.1) is 0 Å². The minimum Gasteiger partial charge on any atom is -0.378 e. The maximum Gasteiger partial charge on any atom is 0.224 e. The zero-order chi connectivity index (χ0) is 18.5. The van der Waals surface area contributed by atoms with Crippen molar-refractivity contribution in [1.82, 2.24) is 15.1 Å². The van der Waals surface area contributed by atoms with Crippen molar-refractivity contribution in [2.45, 2.75) is 32.4 Å². The molecule has 1 fully saturated rings. The molecule has 0 saturated carbocycles. The number of ether oxygens (including phenoxy) is 1. The molecule has 144 valence electrons. The number of anilines is 2. The van der Waals surface area contributed by atoms with Crippen LogP contribution in [0.1, 0.15) is 24.2 Å². The number of morpholine rings is 1. The van der Waals surface area contributed by atoms with E-state index in [0.29, 0.717) is 12.8 Å². The number of nitrogens with zero attached hydrogens (tertiary/aromatic N) is 3. The molecule has 1 aromatic heterocycles. The largest absolute Gasteiger partial charge is 0.378 e. The Kier molecular flexibility index (Phi) is 5.69. The molecule has 27 heavy (non-hydrogen) atoms. The topological polar surface area (TPSA) is 71.4 Å². The van der Waals surface area contributed by atoms with Crippen molar-refractivity contribution in [3.63, 3.8) is 0 Å². The molecule has 2 N–H and O–H groups in total. The molecule has 4 rings (SSSR count). The Morgan fingerprint density at radius 1 is 1.19 bits per heavy atom. The van der Waals surface area contributed by atoms with Crippen LogP contribution in [0.25, 0.3) is 0 Å². The summed E-state index contributed by atoms with van der Waals surface area (Å²) >= 11 is 0. The monoisotopic (exact) mass is 369 g/mol. The fraction of sp³-hybridized carbons (Fsp3) is 0.500. The summed E-state index contributed by atoms with van der Waals surface area (Å²) in [6.45, 7) is 6.20. The van der Waals surface area contributed by atoms with Gasteiger partial charge in [-0.2, -0.15) is 5.10 Å². The van der Waals surface area contributed by atoms with E-state index in [1.54, 1.807) is 0 Å². The normalized spacial score (nSPS) is 17.3. The molecule has 7 heteroatoms. The van der Waals surface area contributed by atoms with Crippen molar-refractivity contribution < 1.29 is 9.53 Å². The maximum atomic E-state index is 12.3. The van der Waals surface area contributed by atoms with Crippen molar-refractivity contribution in [2.75, 3.05) is 43.1 Å². The van der Waals surface area contributed by atoms with Gasteiger partial charge < -0.3 is 20.3 Å². The van der Waals surface area contributed by atoms with E-state index in [-0.39, 0.29) is 5.91 Å². The van der Waals surface area contributed by atoms with Crippen LogP contribution in [-0.2, 0) is 29.0 Å². The molecule has 1 aromatic carbocycles. The number of aryl methyl sites for hydroxylation is 2. The van der Waals surface area contributed by atoms with Gasteiger partial charge in [0.2, 0.25) is 5.91 Å². The first-order chi connectivity index (χ1) is 13.3. The molecule has 0 spiro atoms. The lowest BCUT2D eigenvalue weighted by atomic mass is 10.2. The third-order valence-corrected chi connectivity index (χ3v) is 5.08. The number of hydrogen-bond donors (Lipinski definition) is 2.